The number of benzene rings is 2. The second-order valence-electron chi connectivity index (χ2n) is 5.00. The van der Waals surface area contributed by atoms with Gasteiger partial charge < -0.3 is 0 Å². The summed E-state index contributed by atoms with van der Waals surface area (Å²) in [6.45, 7) is 0. The van der Waals surface area contributed by atoms with Gasteiger partial charge in [-0.1, -0.05) is 54.2 Å². The summed E-state index contributed by atoms with van der Waals surface area (Å²) in [5.41, 5.74) is 3.69. The molecule has 1 aliphatic heterocycles. The number of hydrogen-bond donors (Lipinski definition) is 1. The Morgan fingerprint density at radius 1 is 1.00 bits per heavy atom. The average molecular weight is 304 g/mol. The predicted octanol–water partition coefficient (Wildman–Crippen LogP) is 4.41. The zero-order valence-electron chi connectivity index (χ0n) is 11.6. The van der Waals surface area contributed by atoms with Gasteiger partial charge in [-0.3, -0.25) is 9.89 Å². The van der Waals surface area contributed by atoms with E-state index in [0.717, 1.165) is 32.2 Å². The summed E-state index contributed by atoms with van der Waals surface area (Å²) >= 11 is 1.52. The molecular formula is C18H12N2OS. The first-order chi connectivity index (χ1) is 10.8. The van der Waals surface area contributed by atoms with Crippen molar-refractivity contribution in [2.45, 2.75) is 4.90 Å². The van der Waals surface area contributed by atoms with Crippen LogP contribution in [-0.4, -0.2) is 16.0 Å². The highest BCUT2D eigenvalue weighted by atomic mass is 32.2. The Labute approximate surface area is 132 Å². The Kier molecular flexibility index (Phi) is 3.16. The zero-order valence-corrected chi connectivity index (χ0v) is 12.4. The predicted molar refractivity (Wildman–Crippen MR) is 88.6 cm³/mol. The molecule has 3 aromatic rings. The number of fused-ring (bicyclic) bond motifs is 1. The number of nitrogens with zero attached hydrogens (tertiary/aromatic N) is 1. The molecule has 3 nitrogen and oxygen atoms in total. The van der Waals surface area contributed by atoms with Crippen LogP contribution in [0.4, 0.5) is 0 Å². The Morgan fingerprint density at radius 2 is 1.77 bits per heavy atom. The number of carbonyl (C=O) groups is 1. The van der Waals surface area contributed by atoms with E-state index in [-0.39, 0.29) is 5.78 Å². The van der Waals surface area contributed by atoms with Crippen molar-refractivity contribution >= 4 is 23.6 Å². The van der Waals surface area contributed by atoms with Crippen molar-refractivity contribution in [3.05, 3.63) is 76.8 Å². The summed E-state index contributed by atoms with van der Waals surface area (Å²) in [7, 11) is 0. The molecule has 1 aromatic heterocycles. The minimum atomic E-state index is 0.0841. The first-order valence-electron chi connectivity index (χ1n) is 6.95. The first kappa shape index (κ1) is 13.1. The second kappa shape index (κ2) is 5.31. The van der Waals surface area contributed by atoms with Gasteiger partial charge >= 0.3 is 0 Å². The number of Topliss-reactive ketones (excluding diaryl/α,β-unsaturated/α-hetero) is 1. The molecule has 4 heteroatoms. The summed E-state index contributed by atoms with van der Waals surface area (Å²) in [6.07, 6.45) is 3.67. The lowest BCUT2D eigenvalue weighted by Crippen LogP contribution is -1.93. The summed E-state index contributed by atoms with van der Waals surface area (Å²) in [5.74, 6) is 0.0841. The normalized spacial score (nSPS) is 15.3. The van der Waals surface area contributed by atoms with E-state index in [1.807, 2.05) is 60.7 Å². The van der Waals surface area contributed by atoms with Crippen molar-refractivity contribution in [1.82, 2.24) is 10.2 Å². The van der Waals surface area contributed by atoms with E-state index >= 15 is 0 Å². The number of thioether (sulfide) groups is 1. The van der Waals surface area contributed by atoms with Gasteiger partial charge in [0.1, 0.15) is 0 Å². The number of allylic oxidation sites excluding steroid dienone is 1. The van der Waals surface area contributed by atoms with Gasteiger partial charge in [0, 0.05) is 21.6 Å². The number of hydrogen-bond acceptors (Lipinski definition) is 3. The van der Waals surface area contributed by atoms with Crippen molar-refractivity contribution in [2.24, 2.45) is 0 Å². The smallest absolute Gasteiger partial charge is 0.200 e. The third kappa shape index (κ3) is 2.18. The van der Waals surface area contributed by atoms with E-state index in [9.17, 15) is 4.79 Å². The molecule has 22 heavy (non-hydrogen) atoms. The molecule has 0 saturated carbocycles. The van der Waals surface area contributed by atoms with Crippen LogP contribution in [0.15, 0.2) is 70.6 Å². The van der Waals surface area contributed by atoms with Gasteiger partial charge in [-0.05, 0) is 18.2 Å². The van der Waals surface area contributed by atoms with E-state index in [0.29, 0.717) is 0 Å². The molecule has 4 rings (SSSR count). The lowest BCUT2D eigenvalue weighted by molar-refractivity contribution is 0.104. The molecule has 0 fully saturated rings. The fourth-order valence-corrected chi connectivity index (χ4v) is 3.56. The monoisotopic (exact) mass is 304 g/mol. The van der Waals surface area contributed by atoms with Gasteiger partial charge in [0.15, 0.2) is 0 Å². The van der Waals surface area contributed by atoms with Gasteiger partial charge in [0.05, 0.1) is 16.8 Å². The van der Waals surface area contributed by atoms with Gasteiger partial charge in [0.25, 0.3) is 0 Å². The first-order valence-corrected chi connectivity index (χ1v) is 7.76. The highest BCUT2D eigenvalue weighted by Crippen LogP contribution is 2.41. The molecule has 0 aliphatic carbocycles. The Balaban J connectivity index is 1.74. The maximum atomic E-state index is 12.5. The zero-order chi connectivity index (χ0) is 14.9. The van der Waals surface area contributed by atoms with Crippen LogP contribution in [0.1, 0.15) is 15.9 Å². The third-order valence-electron chi connectivity index (χ3n) is 3.59. The maximum Gasteiger partial charge on any atom is 0.200 e. The van der Waals surface area contributed by atoms with Crippen LogP contribution in [0.2, 0.25) is 0 Å². The number of aromatic amines is 1. The number of aromatic nitrogens is 2. The SMILES string of the molecule is O=C1C(=Cc2cn[nH]c2-c2ccccc2)Sc2ccccc21. The highest BCUT2D eigenvalue weighted by Gasteiger charge is 2.25. The molecule has 0 atom stereocenters. The standard InChI is InChI=1S/C18H12N2OS/c21-18-14-8-4-5-9-15(14)22-16(18)10-13-11-19-20-17(13)12-6-2-1-3-7-12/h1-11H,(H,19,20). The Bertz CT molecular complexity index is 881. The molecule has 2 aromatic carbocycles. The minimum Gasteiger partial charge on any atom is -0.288 e. The van der Waals surface area contributed by atoms with Crippen LogP contribution in [-0.2, 0) is 0 Å². The summed E-state index contributed by atoms with van der Waals surface area (Å²) < 4.78 is 0. The van der Waals surface area contributed by atoms with Gasteiger partial charge in [-0.25, -0.2) is 0 Å². The Hall–Kier alpha value is -2.59. The van der Waals surface area contributed by atoms with Gasteiger partial charge in [-0.2, -0.15) is 5.10 Å². The number of rotatable bonds is 2. The molecule has 0 spiro atoms. The number of ketones is 1. The quantitative estimate of drug-likeness (QED) is 0.713. The molecule has 0 bridgehead atoms. The van der Waals surface area contributed by atoms with Crippen molar-refractivity contribution in [3.63, 3.8) is 0 Å². The van der Waals surface area contributed by atoms with Crippen LogP contribution in [0.25, 0.3) is 17.3 Å². The van der Waals surface area contributed by atoms with Crippen LogP contribution in [0.5, 0.6) is 0 Å². The van der Waals surface area contributed by atoms with Gasteiger partial charge in [0.2, 0.25) is 5.78 Å². The maximum absolute atomic E-state index is 12.5. The van der Waals surface area contributed by atoms with E-state index in [1.165, 1.54) is 11.8 Å². The van der Waals surface area contributed by atoms with Crippen LogP contribution < -0.4 is 0 Å². The summed E-state index contributed by atoms with van der Waals surface area (Å²) in [4.78, 5) is 14.2. The molecule has 106 valence electrons. The molecule has 1 N–H and O–H groups in total. The molecule has 0 unspecified atom stereocenters. The van der Waals surface area contributed by atoms with Crippen molar-refractivity contribution in [3.8, 4) is 11.3 Å². The Morgan fingerprint density at radius 3 is 2.59 bits per heavy atom. The largest absolute Gasteiger partial charge is 0.288 e. The summed E-state index contributed by atoms with van der Waals surface area (Å²) in [6, 6.07) is 17.7. The van der Waals surface area contributed by atoms with E-state index in [4.69, 9.17) is 0 Å². The van der Waals surface area contributed by atoms with E-state index < -0.39 is 0 Å². The average Bonchev–Trinajstić information content (AvgIpc) is 3.15. The van der Waals surface area contributed by atoms with E-state index in [2.05, 4.69) is 10.2 Å². The van der Waals surface area contributed by atoms with Crippen LogP contribution in [0.3, 0.4) is 0 Å². The van der Waals surface area contributed by atoms with Gasteiger partial charge in [-0.15, -0.1) is 0 Å². The molecule has 1 aliphatic rings. The van der Waals surface area contributed by atoms with Crippen molar-refractivity contribution in [1.29, 1.82) is 0 Å². The lowest BCUT2D eigenvalue weighted by Gasteiger charge is -2.00. The third-order valence-corrected chi connectivity index (χ3v) is 4.69. The number of H-pyrrole nitrogens is 1. The van der Waals surface area contributed by atoms with Crippen molar-refractivity contribution in [2.75, 3.05) is 0 Å². The van der Waals surface area contributed by atoms with Crippen molar-refractivity contribution < 1.29 is 4.79 Å². The molecule has 2 heterocycles. The second-order valence-corrected chi connectivity index (χ2v) is 6.09. The fourth-order valence-electron chi connectivity index (χ4n) is 2.52. The molecule has 0 radical (unpaired) electrons. The molecule has 0 amide bonds. The number of carbonyl (C=O) groups excluding carboxylic acids is 1. The highest BCUT2D eigenvalue weighted by molar-refractivity contribution is 8.04. The lowest BCUT2D eigenvalue weighted by atomic mass is 10.1. The molecule has 0 saturated heterocycles. The fraction of sp³-hybridized carbons (Fsp3) is 0. The number of nitrogens with one attached hydrogen (secondary N) is 1. The summed E-state index contributed by atoms with van der Waals surface area (Å²) in [5, 5.41) is 7.14. The molecular weight excluding hydrogens is 292 g/mol. The van der Waals surface area contributed by atoms with E-state index in [1.54, 1.807) is 6.20 Å². The minimum absolute atomic E-state index is 0.0841. The van der Waals surface area contributed by atoms with Crippen LogP contribution in [0, 0.1) is 0 Å². The topological polar surface area (TPSA) is 45.8 Å². The van der Waals surface area contributed by atoms with Crippen LogP contribution >= 0.6 is 11.8 Å².